The highest BCUT2D eigenvalue weighted by Gasteiger charge is 2.10. The summed E-state index contributed by atoms with van der Waals surface area (Å²) in [5.74, 6) is 0.433. The molecule has 11 nitrogen and oxygen atoms in total. The first-order chi connectivity index (χ1) is 19.0. The van der Waals surface area contributed by atoms with Gasteiger partial charge >= 0.3 is 0 Å². The van der Waals surface area contributed by atoms with Crippen molar-refractivity contribution < 1.29 is 19.0 Å². The van der Waals surface area contributed by atoms with Gasteiger partial charge in [0, 0.05) is 36.6 Å². The third-order valence-corrected chi connectivity index (χ3v) is 5.32. The van der Waals surface area contributed by atoms with Crippen LogP contribution in [0.4, 0.5) is 33.6 Å². The molecule has 1 amide bonds. The fraction of sp³-hybridized carbons (Fsp3) is 0.185. The molecule has 0 saturated carbocycles. The summed E-state index contributed by atoms with van der Waals surface area (Å²) in [6, 6.07) is 19.3. The van der Waals surface area contributed by atoms with Gasteiger partial charge in [-0.25, -0.2) is 4.39 Å². The molecule has 0 saturated heterocycles. The monoisotopic (exact) mass is 532 g/mol. The number of aromatic hydroxyl groups is 1. The number of phenolic OH excluding ortho intramolecular Hbond substituents is 1. The van der Waals surface area contributed by atoms with Crippen LogP contribution in [0.5, 0.6) is 5.75 Å². The van der Waals surface area contributed by atoms with E-state index in [4.69, 9.17) is 10.5 Å². The summed E-state index contributed by atoms with van der Waals surface area (Å²) in [4.78, 5) is 25.8. The van der Waals surface area contributed by atoms with Crippen molar-refractivity contribution in [2.45, 2.75) is 6.54 Å². The first-order valence-corrected chi connectivity index (χ1v) is 12.2. The van der Waals surface area contributed by atoms with Crippen LogP contribution in [-0.2, 0) is 11.3 Å². The van der Waals surface area contributed by atoms with Gasteiger partial charge in [-0.1, -0.05) is 12.1 Å². The lowest BCUT2D eigenvalue weighted by atomic mass is 10.1. The Balaban J connectivity index is 1.42. The molecular weight excluding hydrogens is 503 g/mol. The summed E-state index contributed by atoms with van der Waals surface area (Å²) >= 11 is 0. The fourth-order valence-corrected chi connectivity index (χ4v) is 3.38. The first-order valence-electron chi connectivity index (χ1n) is 12.2. The molecule has 0 spiro atoms. The number of hydrogen-bond donors (Lipinski definition) is 6. The van der Waals surface area contributed by atoms with E-state index in [1.165, 1.54) is 12.1 Å². The normalized spacial score (nSPS) is 10.6. The Labute approximate surface area is 224 Å². The van der Waals surface area contributed by atoms with Gasteiger partial charge in [-0.15, -0.1) is 0 Å². The number of carbonyl (C=O) groups excluding carboxylic acids is 1. The zero-order chi connectivity index (χ0) is 27.5. The number of hydrogen-bond acceptors (Lipinski definition) is 10. The lowest BCUT2D eigenvalue weighted by Crippen LogP contribution is -2.22. The minimum atomic E-state index is -0.325. The number of nitrogens with zero attached hydrogens (tertiary/aromatic N) is 3. The van der Waals surface area contributed by atoms with Crippen LogP contribution in [-0.4, -0.2) is 52.3 Å². The lowest BCUT2D eigenvalue weighted by Gasteiger charge is -2.12. The minimum Gasteiger partial charge on any atom is -0.508 e. The van der Waals surface area contributed by atoms with E-state index in [0.717, 1.165) is 5.56 Å². The molecule has 0 aliphatic rings. The van der Waals surface area contributed by atoms with Gasteiger partial charge in [0.2, 0.25) is 17.8 Å². The van der Waals surface area contributed by atoms with Crippen molar-refractivity contribution in [3.8, 4) is 5.75 Å². The van der Waals surface area contributed by atoms with Gasteiger partial charge in [-0.2, -0.15) is 15.0 Å². The Hall–Kier alpha value is -4.81. The Morgan fingerprint density at radius 2 is 1.41 bits per heavy atom. The molecule has 202 valence electrons. The fourth-order valence-electron chi connectivity index (χ4n) is 3.38. The summed E-state index contributed by atoms with van der Waals surface area (Å²) in [6.07, 6.45) is 0. The number of anilines is 5. The van der Waals surface area contributed by atoms with Crippen LogP contribution in [0.3, 0.4) is 0 Å². The van der Waals surface area contributed by atoms with E-state index in [-0.39, 0.29) is 35.9 Å². The van der Waals surface area contributed by atoms with Crippen LogP contribution in [0.2, 0.25) is 0 Å². The van der Waals surface area contributed by atoms with Gasteiger partial charge < -0.3 is 36.8 Å². The van der Waals surface area contributed by atoms with Gasteiger partial charge in [0.25, 0.3) is 5.91 Å². The number of ether oxygens (including phenoxy) is 1. The lowest BCUT2D eigenvalue weighted by molar-refractivity contribution is 0.0951. The summed E-state index contributed by atoms with van der Waals surface area (Å²) in [7, 11) is 0. The molecule has 7 N–H and O–H groups in total. The molecule has 0 unspecified atom stereocenters. The summed E-state index contributed by atoms with van der Waals surface area (Å²) in [5.41, 5.74) is 8.04. The molecule has 0 radical (unpaired) electrons. The highest BCUT2D eigenvalue weighted by atomic mass is 19.1. The Morgan fingerprint density at radius 3 is 2.03 bits per heavy atom. The van der Waals surface area contributed by atoms with Crippen LogP contribution in [0.1, 0.15) is 15.9 Å². The molecule has 12 heteroatoms. The quantitative estimate of drug-likeness (QED) is 0.111. The van der Waals surface area contributed by atoms with Crippen LogP contribution in [0.25, 0.3) is 0 Å². The number of amides is 1. The maximum absolute atomic E-state index is 13.1. The summed E-state index contributed by atoms with van der Waals surface area (Å²) in [5, 5.41) is 21.7. The second-order valence-corrected chi connectivity index (χ2v) is 8.32. The van der Waals surface area contributed by atoms with E-state index >= 15 is 0 Å². The zero-order valence-corrected chi connectivity index (χ0v) is 21.0. The topological polar surface area (TPSA) is 159 Å². The van der Waals surface area contributed by atoms with Crippen molar-refractivity contribution in [2.24, 2.45) is 5.73 Å². The van der Waals surface area contributed by atoms with E-state index in [2.05, 4.69) is 36.2 Å². The Bertz CT molecular complexity index is 1350. The molecule has 39 heavy (non-hydrogen) atoms. The number of rotatable bonds is 13. The number of nitrogens with one attached hydrogen (secondary N) is 4. The molecule has 4 aromatic rings. The predicted octanol–water partition coefficient (Wildman–Crippen LogP) is 3.52. The SMILES string of the molecule is NCCOCCNc1nc(Nc2ccc(O)cc2)nc(Nc2ccc(C(=O)NCc3ccc(F)cc3)cc2)n1. The molecule has 0 atom stereocenters. The van der Waals surface area contributed by atoms with Gasteiger partial charge in [0.05, 0.1) is 13.2 Å². The van der Waals surface area contributed by atoms with Gasteiger partial charge in [-0.3, -0.25) is 4.79 Å². The predicted molar refractivity (Wildman–Crippen MR) is 147 cm³/mol. The Morgan fingerprint density at radius 1 is 0.821 bits per heavy atom. The molecule has 1 aromatic heterocycles. The van der Waals surface area contributed by atoms with Crippen molar-refractivity contribution in [2.75, 3.05) is 42.3 Å². The van der Waals surface area contributed by atoms with Gasteiger partial charge in [0.15, 0.2) is 0 Å². The third kappa shape index (κ3) is 8.62. The van der Waals surface area contributed by atoms with E-state index in [9.17, 15) is 14.3 Å². The molecular formula is C27H29FN8O3. The number of aromatic nitrogens is 3. The molecule has 0 fully saturated rings. The van der Waals surface area contributed by atoms with Crippen LogP contribution >= 0.6 is 0 Å². The number of halogens is 1. The third-order valence-electron chi connectivity index (χ3n) is 5.32. The number of carbonyl (C=O) groups is 1. The van der Waals surface area contributed by atoms with E-state index in [1.807, 2.05) is 0 Å². The highest BCUT2D eigenvalue weighted by Crippen LogP contribution is 2.21. The maximum Gasteiger partial charge on any atom is 0.251 e. The van der Waals surface area contributed by atoms with E-state index in [0.29, 0.717) is 49.2 Å². The molecule has 0 aliphatic heterocycles. The smallest absolute Gasteiger partial charge is 0.251 e. The van der Waals surface area contributed by atoms with Crippen molar-refractivity contribution >= 4 is 35.1 Å². The van der Waals surface area contributed by atoms with Crippen molar-refractivity contribution in [3.05, 3.63) is 89.7 Å². The minimum absolute atomic E-state index is 0.144. The molecule has 0 bridgehead atoms. The number of phenols is 1. The van der Waals surface area contributed by atoms with Crippen LogP contribution in [0.15, 0.2) is 72.8 Å². The number of benzene rings is 3. The summed E-state index contributed by atoms with van der Waals surface area (Å²) in [6.45, 7) is 2.07. The molecule has 3 aromatic carbocycles. The van der Waals surface area contributed by atoms with Gasteiger partial charge in [0.1, 0.15) is 11.6 Å². The second-order valence-electron chi connectivity index (χ2n) is 8.32. The molecule has 4 rings (SSSR count). The standard InChI is InChI=1S/C27H29FN8O3/c28-20-5-1-18(2-6-20)17-31-24(38)19-3-7-21(8-4-19)32-26-34-25(30-14-16-39-15-13-29)35-27(36-26)33-22-9-11-23(37)12-10-22/h1-12,37H,13-17,29H2,(H,31,38)(H3,30,32,33,34,35,36). The van der Waals surface area contributed by atoms with Crippen molar-refractivity contribution in [3.63, 3.8) is 0 Å². The van der Waals surface area contributed by atoms with Crippen LogP contribution in [0, 0.1) is 5.82 Å². The Kier molecular flexibility index (Phi) is 9.53. The average Bonchev–Trinajstić information content (AvgIpc) is 2.94. The number of nitrogens with two attached hydrogens (primary N) is 1. The van der Waals surface area contributed by atoms with Crippen LogP contribution < -0.4 is 27.0 Å². The van der Waals surface area contributed by atoms with Crippen molar-refractivity contribution in [1.82, 2.24) is 20.3 Å². The largest absolute Gasteiger partial charge is 0.508 e. The average molecular weight is 533 g/mol. The summed E-state index contributed by atoms with van der Waals surface area (Å²) < 4.78 is 18.4. The first kappa shape index (κ1) is 27.2. The molecule has 1 heterocycles. The van der Waals surface area contributed by atoms with E-state index < -0.39 is 0 Å². The van der Waals surface area contributed by atoms with Gasteiger partial charge in [-0.05, 0) is 66.2 Å². The zero-order valence-electron chi connectivity index (χ0n) is 21.0. The maximum atomic E-state index is 13.1. The van der Waals surface area contributed by atoms with E-state index in [1.54, 1.807) is 60.7 Å². The van der Waals surface area contributed by atoms with Crippen molar-refractivity contribution in [1.29, 1.82) is 0 Å². The highest BCUT2D eigenvalue weighted by molar-refractivity contribution is 5.94. The molecule has 0 aliphatic carbocycles. The second kappa shape index (κ2) is 13.7.